The molecular weight excluding hydrogens is 489 g/mol. The summed E-state index contributed by atoms with van der Waals surface area (Å²) in [7, 11) is 3.22. The van der Waals surface area contributed by atoms with E-state index in [1.54, 1.807) is 26.4 Å². The molecule has 1 aromatic heterocycles. The van der Waals surface area contributed by atoms with Gasteiger partial charge in [0.25, 0.3) is 5.56 Å². The van der Waals surface area contributed by atoms with Crippen molar-refractivity contribution in [3.63, 3.8) is 0 Å². The summed E-state index contributed by atoms with van der Waals surface area (Å²) in [4.78, 5) is 17.8. The Morgan fingerprint density at radius 1 is 0.946 bits per heavy atom. The minimum Gasteiger partial charge on any atom is -0.493 e. The minimum absolute atomic E-state index is 0.159. The van der Waals surface area contributed by atoms with Gasteiger partial charge in [0.15, 0.2) is 16.6 Å². The Bertz CT molecular complexity index is 1450. The van der Waals surface area contributed by atoms with Gasteiger partial charge in [-0.15, -0.1) is 0 Å². The fourth-order valence-electron chi connectivity index (χ4n) is 4.17. The molecular formula is C29H30FN3O3S. The number of hydrogen-bond donors (Lipinski definition) is 2. The third-order valence-corrected chi connectivity index (χ3v) is 6.55. The van der Waals surface area contributed by atoms with E-state index in [0.29, 0.717) is 48.2 Å². The summed E-state index contributed by atoms with van der Waals surface area (Å²) in [5.74, 6) is 1.05. The summed E-state index contributed by atoms with van der Waals surface area (Å²) < 4.78 is 24.2. The molecule has 0 fully saturated rings. The van der Waals surface area contributed by atoms with E-state index in [9.17, 15) is 9.18 Å². The normalized spacial score (nSPS) is 10.8. The first kappa shape index (κ1) is 26.2. The SMILES string of the molecule is COc1ccc(CCNC(=S)N(Cc2ccc(F)cc2)Cc2cc3cc(C)ccc3[nH]c2=O)cc1OC. The maximum atomic E-state index is 13.5. The third kappa shape index (κ3) is 6.65. The summed E-state index contributed by atoms with van der Waals surface area (Å²) in [5, 5.41) is 4.78. The van der Waals surface area contributed by atoms with Crippen molar-refractivity contribution in [1.29, 1.82) is 0 Å². The van der Waals surface area contributed by atoms with Crippen LogP contribution in [0.5, 0.6) is 11.5 Å². The highest BCUT2D eigenvalue weighted by atomic mass is 32.1. The van der Waals surface area contributed by atoms with Crippen molar-refractivity contribution in [2.45, 2.75) is 26.4 Å². The van der Waals surface area contributed by atoms with Gasteiger partial charge >= 0.3 is 0 Å². The van der Waals surface area contributed by atoms with Crippen molar-refractivity contribution in [1.82, 2.24) is 15.2 Å². The number of pyridine rings is 1. The maximum absolute atomic E-state index is 13.5. The highest BCUT2D eigenvalue weighted by Gasteiger charge is 2.15. The summed E-state index contributed by atoms with van der Waals surface area (Å²) in [6, 6.07) is 19.9. The summed E-state index contributed by atoms with van der Waals surface area (Å²) in [6.07, 6.45) is 0.709. The van der Waals surface area contributed by atoms with Crippen LogP contribution in [0.3, 0.4) is 0 Å². The number of aromatic amines is 1. The molecule has 0 aliphatic rings. The van der Waals surface area contributed by atoms with E-state index in [-0.39, 0.29) is 11.4 Å². The molecule has 1 heterocycles. The van der Waals surface area contributed by atoms with E-state index in [1.807, 2.05) is 54.3 Å². The van der Waals surface area contributed by atoms with Gasteiger partial charge in [-0.1, -0.05) is 29.8 Å². The Hall–Kier alpha value is -3.91. The quantitative estimate of drug-likeness (QED) is 0.300. The number of nitrogens with one attached hydrogen (secondary N) is 2. The second kappa shape index (κ2) is 11.9. The predicted molar refractivity (Wildman–Crippen MR) is 149 cm³/mol. The van der Waals surface area contributed by atoms with Gasteiger partial charge in [0, 0.05) is 24.2 Å². The van der Waals surface area contributed by atoms with Crippen LogP contribution in [0.1, 0.15) is 22.3 Å². The lowest BCUT2D eigenvalue weighted by Crippen LogP contribution is -2.40. The molecule has 6 nitrogen and oxygen atoms in total. The fraction of sp³-hybridized carbons (Fsp3) is 0.241. The number of aryl methyl sites for hydroxylation is 1. The van der Waals surface area contributed by atoms with Gasteiger partial charge in [0.05, 0.1) is 20.8 Å². The number of thiocarbonyl (C=S) groups is 1. The first-order valence-electron chi connectivity index (χ1n) is 12.0. The van der Waals surface area contributed by atoms with Crippen molar-refractivity contribution in [2.75, 3.05) is 20.8 Å². The van der Waals surface area contributed by atoms with E-state index in [2.05, 4.69) is 10.3 Å². The molecule has 192 valence electrons. The fourth-order valence-corrected chi connectivity index (χ4v) is 4.40. The highest BCUT2D eigenvalue weighted by molar-refractivity contribution is 7.80. The Morgan fingerprint density at radius 3 is 2.41 bits per heavy atom. The number of H-pyrrole nitrogens is 1. The molecule has 0 spiro atoms. The van der Waals surface area contributed by atoms with E-state index < -0.39 is 0 Å². The van der Waals surface area contributed by atoms with Gasteiger partial charge in [0.2, 0.25) is 0 Å². The van der Waals surface area contributed by atoms with Crippen molar-refractivity contribution in [3.05, 3.63) is 105 Å². The number of fused-ring (bicyclic) bond motifs is 1. The molecule has 2 N–H and O–H groups in total. The molecule has 0 atom stereocenters. The molecule has 0 radical (unpaired) electrons. The van der Waals surface area contributed by atoms with Crippen LogP contribution in [-0.2, 0) is 19.5 Å². The van der Waals surface area contributed by atoms with Crippen molar-refractivity contribution in [3.8, 4) is 11.5 Å². The smallest absolute Gasteiger partial charge is 0.253 e. The lowest BCUT2D eigenvalue weighted by molar-refractivity contribution is 0.354. The number of aromatic nitrogens is 1. The number of halogens is 1. The Labute approximate surface area is 221 Å². The number of nitrogens with zero attached hydrogens (tertiary/aromatic N) is 1. The van der Waals surface area contributed by atoms with Gasteiger partial charge in [-0.05, 0) is 84.5 Å². The minimum atomic E-state index is -0.299. The highest BCUT2D eigenvalue weighted by Crippen LogP contribution is 2.27. The first-order valence-corrected chi connectivity index (χ1v) is 12.4. The number of rotatable bonds is 9. The number of hydrogen-bond acceptors (Lipinski definition) is 4. The Kier molecular flexibility index (Phi) is 8.40. The van der Waals surface area contributed by atoms with Crippen LogP contribution in [0.15, 0.2) is 71.5 Å². The van der Waals surface area contributed by atoms with Crippen LogP contribution in [0.4, 0.5) is 4.39 Å². The monoisotopic (exact) mass is 519 g/mol. The molecule has 0 aliphatic heterocycles. The zero-order valence-electron chi connectivity index (χ0n) is 21.1. The second-order valence-corrected chi connectivity index (χ2v) is 9.25. The van der Waals surface area contributed by atoms with Crippen molar-refractivity contribution in [2.24, 2.45) is 0 Å². The van der Waals surface area contributed by atoms with Crippen LogP contribution in [0.25, 0.3) is 10.9 Å². The summed E-state index contributed by atoms with van der Waals surface area (Å²) in [6.45, 7) is 3.33. The van der Waals surface area contributed by atoms with Crippen LogP contribution >= 0.6 is 12.2 Å². The van der Waals surface area contributed by atoms with Crippen LogP contribution in [0.2, 0.25) is 0 Å². The Morgan fingerprint density at radius 2 is 1.68 bits per heavy atom. The van der Waals surface area contributed by atoms with Crippen LogP contribution < -0.4 is 20.3 Å². The Balaban J connectivity index is 1.52. The molecule has 37 heavy (non-hydrogen) atoms. The van der Waals surface area contributed by atoms with Gasteiger partial charge in [0.1, 0.15) is 5.82 Å². The average Bonchev–Trinajstić information content (AvgIpc) is 2.89. The molecule has 3 aromatic carbocycles. The van der Waals surface area contributed by atoms with Crippen molar-refractivity contribution >= 4 is 28.2 Å². The van der Waals surface area contributed by atoms with Crippen LogP contribution in [-0.4, -0.2) is 35.8 Å². The molecule has 0 saturated carbocycles. The number of ether oxygens (including phenoxy) is 2. The van der Waals surface area contributed by atoms with Gasteiger partial charge in [-0.3, -0.25) is 4.79 Å². The number of methoxy groups -OCH3 is 2. The number of benzene rings is 3. The maximum Gasteiger partial charge on any atom is 0.253 e. The third-order valence-electron chi connectivity index (χ3n) is 6.15. The van der Waals surface area contributed by atoms with E-state index in [0.717, 1.165) is 27.6 Å². The second-order valence-electron chi connectivity index (χ2n) is 8.87. The molecule has 0 amide bonds. The van der Waals surface area contributed by atoms with E-state index >= 15 is 0 Å². The lowest BCUT2D eigenvalue weighted by Gasteiger charge is -2.26. The van der Waals surface area contributed by atoms with Crippen molar-refractivity contribution < 1.29 is 13.9 Å². The molecule has 0 bridgehead atoms. The molecule has 4 aromatic rings. The van der Waals surface area contributed by atoms with Gasteiger partial charge in [-0.25, -0.2) is 4.39 Å². The molecule has 4 rings (SSSR count). The molecule has 0 saturated heterocycles. The predicted octanol–water partition coefficient (Wildman–Crippen LogP) is 5.11. The summed E-state index contributed by atoms with van der Waals surface area (Å²) in [5.41, 5.74) is 4.30. The topological polar surface area (TPSA) is 66.6 Å². The summed E-state index contributed by atoms with van der Waals surface area (Å²) >= 11 is 5.75. The first-order chi connectivity index (χ1) is 17.9. The lowest BCUT2D eigenvalue weighted by atomic mass is 10.1. The van der Waals surface area contributed by atoms with E-state index in [4.69, 9.17) is 21.7 Å². The van der Waals surface area contributed by atoms with Gasteiger partial charge in [-0.2, -0.15) is 0 Å². The standard InChI is InChI=1S/C29H30FN3O3S/c1-19-4-10-25-22(14-19)16-23(28(34)32-25)18-33(17-21-5-8-24(30)9-6-21)29(37)31-13-12-20-7-11-26(35-2)27(15-20)36-3/h4-11,14-16H,12-13,17-18H2,1-3H3,(H,31,37)(H,32,34). The van der Waals surface area contributed by atoms with Crippen LogP contribution in [0, 0.1) is 12.7 Å². The van der Waals surface area contributed by atoms with E-state index in [1.165, 1.54) is 12.1 Å². The largest absolute Gasteiger partial charge is 0.493 e. The zero-order chi connectivity index (χ0) is 26.4. The zero-order valence-corrected chi connectivity index (χ0v) is 22.0. The molecule has 8 heteroatoms. The molecule has 0 aliphatic carbocycles. The average molecular weight is 520 g/mol. The molecule has 0 unspecified atom stereocenters. The van der Waals surface area contributed by atoms with Gasteiger partial charge < -0.3 is 24.7 Å².